The number of hydrogen-bond acceptors (Lipinski definition) is 4. The first-order valence-corrected chi connectivity index (χ1v) is 10.6. The molecule has 0 fully saturated rings. The highest BCUT2D eigenvalue weighted by atomic mass is 32.2. The molecule has 0 aliphatic rings. The average molecular weight is 405 g/mol. The average Bonchev–Trinajstić information content (AvgIpc) is 2.75. The van der Waals surface area contributed by atoms with Crippen molar-refractivity contribution in [1.82, 2.24) is 5.43 Å². The molecule has 0 saturated heterocycles. The molecular formula is C24H24N2O2S. The van der Waals surface area contributed by atoms with E-state index in [9.17, 15) is 4.79 Å². The maximum absolute atomic E-state index is 11.9. The highest BCUT2D eigenvalue weighted by Crippen LogP contribution is 2.14. The molecule has 0 unspecified atom stereocenters. The minimum atomic E-state index is -0.111. The van der Waals surface area contributed by atoms with Gasteiger partial charge in [-0.3, -0.25) is 4.79 Å². The molecule has 0 bridgehead atoms. The molecule has 5 heteroatoms. The van der Waals surface area contributed by atoms with Crippen LogP contribution in [0, 0.1) is 6.92 Å². The number of nitrogens with zero attached hydrogens (tertiary/aromatic N) is 1. The number of ether oxygens (including phenoxy) is 1. The number of hydrazone groups is 1. The molecule has 3 aromatic carbocycles. The lowest BCUT2D eigenvalue weighted by molar-refractivity contribution is -0.118. The number of benzene rings is 3. The van der Waals surface area contributed by atoms with E-state index in [-0.39, 0.29) is 5.91 Å². The van der Waals surface area contributed by atoms with Gasteiger partial charge >= 0.3 is 0 Å². The first kappa shape index (κ1) is 20.7. The van der Waals surface area contributed by atoms with Crippen molar-refractivity contribution >= 4 is 23.9 Å². The van der Waals surface area contributed by atoms with Crippen LogP contribution in [0.25, 0.3) is 0 Å². The summed E-state index contributed by atoms with van der Waals surface area (Å²) in [5.41, 5.74) is 7.03. The van der Waals surface area contributed by atoms with Gasteiger partial charge in [-0.2, -0.15) is 5.10 Å². The van der Waals surface area contributed by atoms with E-state index in [0.29, 0.717) is 12.4 Å². The minimum Gasteiger partial charge on any atom is -0.489 e. The predicted octanol–water partition coefficient (Wildman–Crippen LogP) is 4.96. The molecule has 1 amide bonds. The summed E-state index contributed by atoms with van der Waals surface area (Å²) in [6.07, 6.45) is 1.63. The Kier molecular flexibility index (Phi) is 7.90. The van der Waals surface area contributed by atoms with Crippen molar-refractivity contribution in [2.45, 2.75) is 19.3 Å². The first-order chi connectivity index (χ1) is 14.2. The van der Waals surface area contributed by atoms with E-state index in [1.165, 1.54) is 11.1 Å². The number of nitrogens with one attached hydrogen (secondary N) is 1. The van der Waals surface area contributed by atoms with Crippen molar-refractivity contribution in [3.8, 4) is 5.75 Å². The summed E-state index contributed by atoms with van der Waals surface area (Å²) in [6, 6.07) is 26.0. The maximum atomic E-state index is 11.9. The molecule has 0 radical (unpaired) electrons. The van der Waals surface area contributed by atoms with E-state index >= 15 is 0 Å². The summed E-state index contributed by atoms with van der Waals surface area (Å²) in [5, 5.41) is 4.02. The number of carbonyl (C=O) groups excluding carboxylic acids is 1. The minimum absolute atomic E-state index is 0.111. The van der Waals surface area contributed by atoms with Gasteiger partial charge in [0.2, 0.25) is 5.91 Å². The Morgan fingerprint density at radius 1 is 0.966 bits per heavy atom. The van der Waals surface area contributed by atoms with Crippen molar-refractivity contribution < 1.29 is 9.53 Å². The lowest BCUT2D eigenvalue weighted by atomic mass is 10.2. The zero-order chi connectivity index (χ0) is 20.3. The molecule has 148 valence electrons. The fraction of sp³-hybridized carbons (Fsp3) is 0.167. The van der Waals surface area contributed by atoms with Crippen molar-refractivity contribution in [2.75, 3.05) is 5.75 Å². The first-order valence-electron chi connectivity index (χ1n) is 9.41. The molecule has 0 aliphatic heterocycles. The van der Waals surface area contributed by atoms with Gasteiger partial charge in [0.1, 0.15) is 12.4 Å². The monoisotopic (exact) mass is 404 g/mol. The van der Waals surface area contributed by atoms with Gasteiger partial charge in [-0.15, -0.1) is 11.8 Å². The second kappa shape index (κ2) is 11.1. The van der Waals surface area contributed by atoms with Gasteiger partial charge in [0.05, 0.1) is 12.0 Å². The zero-order valence-corrected chi connectivity index (χ0v) is 17.2. The molecular weight excluding hydrogens is 380 g/mol. The molecule has 1 N–H and O–H groups in total. The molecule has 0 heterocycles. The number of carbonyl (C=O) groups is 1. The van der Waals surface area contributed by atoms with Crippen LogP contribution in [0.1, 0.15) is 22.3 Å². The quantitative estimate of drug-likeness (QED) is 0.405. The molecule has 0 atom stereocenters. The molecule has 3 aromatic rings. The van der Waals surface area contributed by atoms with Crippen molar-refractivity contribution in [2.24, 2.45) is 5.10 Å². The molecule has 29 heavy (non-hydrogen) atoms. The third kappa shape index (κ3) is 7.47. The van der Waals surface area contributed by atoms with Crippen LogP contribution in [0.4, 0.5) is 0 Å². The van der Waals surface area contributed by atoms with E-state index < -0.39 is 0 Å². The third-order valence-electron chi connectivity index (χ3n) is 4.15. The highest BCUT2D eigenvalue weighted by Gasteiger charge is 2.01. The van der Waals surface area contributed by atoms with Crippen LogP contribution in [0.5, 0.6) is 5.75 Å². The van der Waals surface area contributed by atoms with Gasteiger partial charge in [0, 0.05) is 5.75 Å². The van der Waals surface area contributed by atoms with Gasteiger partial charge in [-0.1, -0.05) is 60.2 Å². The van der Waals surface area contributed by atoms with Gasteiger partial charge in [0.25, 0.3) is 0 Å². The van der Waals surface area contributed by atoms with Gasteiger partial charge in [0.15, 0.2) is 0 Å². The van der Waals surface area contributed by atoms with Crippen LogP contribution in [-0.2, 0) is 17.2 Å². The van der Waals surface area contributed by atoms with Gasteiger partial charge in [-0.25, -0.2) is 5.43 Å². The standard InChI is InChI=1S/C24H24N2O2S/c1-19-7-9-21(10-8-19)16-28-23-13-11-20(12-14-23)15-25-26-24(27)18-29-17-22-5-3-2-4-6-22/h2-15H,16-18H2,1H3,(H,26,27). The number of amides is 1. The number of thioether (sulfide) groups is 1. The number of hydrogen-bond donors (Lipinski definition) is 1. The van der Waals surface area contributed by atoms with Crippen molar-refractivity contribution in [1.29, 1.82) is 0 Å². The van der Waals surface area contributed by atoms with E-state index in [4.69, 9.17) is 4.74 Å². The van der Waals surface area contributed by atoms with Crippen LogP contribution < -0.4 is 10.2 Å². The molecule has 4 nitrogen and oxygen atoms in total. The van der Waals surface area contributed by atoms with Crippen LogP contribution in [-0.4, -0.2) is 17.9 Å². The van der Waals surface area contributed by atoms with E-state index in [1.54, 1.807) is 18.0 Å². The van der Waals surface area contributed by atoms with Crippen LogP contribution >= 0.6 is 11.8 Å². The number of aryl methyl sites for hydroxylation is 1. The van der Waals surface area contributed by atoms with E-state index in [2.05, 4.69) is 53.8 Å². The number of rotatable bonds is 9. The summed E-state index contributed by atoms with van der Waals surface area (Å²) in [5.74, 6) is 1.87. The third-order valence-corrected chi connectivity index (χ3v) is 5.16. The summed E-state index contributed by atoms with van der Waals surface area (Å²) in [4.78, 5) is 11.9. The topological polar surface area (TPSA) is 50.7 Å². The zero-order valence-electron chi connectivity index (χ0n) is 16.4. The van der Waals surface area contributed by atoms with E-state index in [1.807, 2.05) is 42.5 Å². The van der Waals surface area contributed by atoms with Crippen LogP contribution in [0.2, 0.25) is 0 Å². The van der Waals surface area contributed by atoms with Crippen molar-refractivity contribution in [3.05, 3.63) is 101 Å². The van der Waals surface area contributed by atoms with Crippen LogP contribution in [0.15, 0.2) is 84.0 Å². The Hall–Kier alpha value is -3.05. The predicted molar refractivity (Wildman–Crippen MR) is 120 cm³/mol. The Balaban J connectivity index is 1.37. The second-order valence-corrected chi connectivity index (χ2v) is 7.60. The Labute approximate surface area is 176 Å². The lowest BCUT2D eigenvalue weighted by Crippen LogP contribution is -2.19. The fourth-order valence-electron chi connectivity index (χ4n) is 2.55. The summed E-state index contributed by atoms with van der Waals surface area (Å²) < 4.78 is 5.79. The van der Waals surface area contributed by atoms with Crippen LogP contribution in [0.3, 0.4) is 0 Å². The van der Waals surface area contributed by atoms with Gasteiger partial charge < -0.3 is 4.74 Å². The highest BCUT2D eigenvalue weighted by molar-refractivity contribution is 7.99. The Morgan fingerprint density at radius 3 is 2.41 bits per heavy atom. The summed E-state index contributed by atoms with van der Waals surface area (Å²) in [7, 11) is 0. The normalized spacial score (nSPS) is 10.8. The summed E-state index contributed by atoms with van der Waals surface area (Å²) >= 11 is 1.56. The Bertz CT molecular complexity index is 923. The summed E-state index contributed by atoms with van der Waals surface area (Å²) in [6.45, 7) is 2.60. The molecule has 0 aromatic heterocycles. The molecule has 3 rings (SSSR count). The fourth-order valence-corrected chi connectivity index (χ4v) is 3.33. The van der Waals surface area contributed by atoms with E-state index in [0.717, 1.165) is 22.6 Å². The molecule has 0 saturated carbocycles. The van der Waals surface area contributed by atoms with Gasteiger partial charge in [-0.05, 0) is 47.9 Å². The molecule has 0 aliphatic carbocycles. The van der Waals surface area contributed by atoms with Crippen molar-refractivity contribution in [3.63, 3.8) is 0 Å². The largest absolute Gasteiger partial charge is 0.489 e. The lowest BCUT2D eigenvalue weighted by Gasteiger charge is -2.07. The SMILES string of the molecule is Cc1ccc(COc2ccc(C=NNC(=O)CSCc3ccccc3)cc2)cc1. The second-order valence-electron chi connectivity index (χ2n) is 6.61. The smallest absolute Gasteiger partial charge is 0.250 e. The Morgan fingerprint density at radius 2 is 1.69 bits per heavy atom. The molecule has 0 spiro atoms. The maximum Gasteiger partial charge on any atom is 0.250 e.